The number of hydrogen-bond acceptors (Lipinski definition) is 3. The number of nitrogens with zero attached hydrogens (tertiary/aromatic N) is 2. The third-order valence-electron chi connectivity index (χ3n) is 3.56. The van der Waals surface area contributed by atoms with Crippen LogP contribution in [0.1, 0.15) is 18.9 Å². The number of anilines is 1. The van der Waals surface area contributed by atoms with E-state index in [0.717, 1.165) is 4.47 Å². The predicted molar refractivity (Wildman–Crippen MR) is 79.8 cm³/mol. The number of hydrogen-bond donors (Lipinski definition) is 2. The van der Waals surface area contributed by atoms with E-state index in [4.69, 9.17) is 5.26 Å². The molecule has 2 N–H and O–H groups in total. The third-order valence-corrected chi connectivity index (χ3v) is 4.05. The van der Waals surface area contributed by atoms with Crippen molar-refractivity contribution in [3.63, 3.8) is 0 Å². The lowest BCUT2D eigenvalue weighted by molar-refractivity contribution is -0.142. The van der Waals surface area contributed by atoms with Gasteiger partial charge in [0.05, 0.1) is 11.3 Å². The number of amides is 2. The van der Waals surface area contributed by atoms with E-state index in [2.05, 4.69) is 21.2 Å². The number of carboxylic acid groups (broad SMARTS) is 1. The number of urea groups is 1. The minimum absolute atomic E-state index is 0.0893. The molecule has 2 unspecified atom stereocenters. The van der Waals surface area contributed by atoms with Crippen LogP contribution in [0.5, 0.6) is 0 Å². The molecular formula is C14H14BrN3O3. The Morgan fingerprint density at radius 1 is 1.52 bits per heavy atom. The van der Waals surface area contributed by atoms with Gasteiger partial charge in [-0.3, -0.25) is 0 Å². The van der Waals surface area contributed by atoms with Crippen LogP contribution in [0, 0.1) is 17.2 Å². The van der Waals surface area contributed by atoms with Crippen molar-refractivity contribution >= 4 is 33.6 Å². The molecule has 7 heteroatoms. The van der Waals surface area contributed by atoms with Crippen LogP contribution in [0.2, 0.25) is 0 Å². The van der Waals surface area contributed by atoms with Gasteiger partial charge in [-0.1, -0.05) is 22.9 Å². The second kappa shape index (κ2) is 6.14. The van der Waals surface area contributed by atoms with Crippen LogP contribution in [-0.2, 0) is 4.79 Å². The molecule has 21 heavy (non-hydrogen) atoms. The summed E-state index contributed by atoms with van der Waals surface area (Å²) < 4.78 is 0.732. The first-order chi connectivity index (χ1) is 9.93. The van der Waals surface area contributed by atoms with Crippen LogP contribution in [0.4, 0.5) is 10.5 Å². The van der Waals surface area contributed by atoms with E-state index >= 15 is 0 Å². The van der Waals surface area contributed by atoms with Gasteiger partial charge in [-0.25, -0.2) is 9.59 Å². The first-order valence-corrected chi connectivity index (χ1v) is 7.23. The average molecular weight is 352 g/mol. The van der Waals surface area contributed by atoms with E-state index in [0.29, 0.717) is 24.2 Å². The van der Waals surface area contributed by atoms with E-state index in [1.807, 2.05) is 13.0 Å². The number of likely N-dealkylation sites (tertiary alicyclic amines) is 1. The molecule has 0 saturated carbocycles. The summed E-state index contributed by atoms with van der Waals surface area (Å²) in [5, 5.41) is 20.9. The zero-order valence-corrected chi connectivity index (χ0v) is 12.9. The fraction of sp³-hybridized carbons (Fsp3) is 0.357. The lowest BCUT2D eigenvalue weighted by atomic mass is 10.0. The first-order valence-electron chi connectivity index (χ1n) is 6.44. The molecule has 1 heterocycles. The number of nitriles is 1. The van der Waals surface area contributed by atoms with Gasteiger partial charge in [-0.15, -0.1) is 0 Å². The van der Waals surface area contributed by atoms with Crippen LogP contribution in [0.25, 0.3) is 0 Å². The van der Waals surface area contributed by atoms with Crippen molar-refractivity contribution in [3.8, 4) is 6.07 Å². The Hall–Kier alpha value is -2.07. The number of carbonyl (C=O) groups excluding carboxylic acids is 1. The minimum Gasteiger partial charge on any atom is -0.480 e. The van der Waals surface area contributed by atoms with E-state index in [1.165, 1.54) is 4.90 Å². The van der Waals surface area contributed by atoms with Gasteiger partial charge < -0.3 is 15.3 Å². The van der Waals surface area contributed by atoms with Crippen LogP contribution < -0.4 is 5.32 Å². The zero-order chi connectivity index (χ0) is 15.6. The Kier molecular flexibility index (Phi) is 4.48. The molecule has 0 bridgehead atoms. The van der Waals surface area contributed by atoms with Crippen LogP contribution >= 0.6 is 15.9 Å². The molecule has 0 aromatic heterocycles. The Morgan fingerprint density at radius 3 is 2.86 bits per heavy atom. The summed E-state index contributed by atoms with van der Waals surface area (Å²) in [4.78, 5) is 24.8. The molecule has 1 aromatic carbocycles. The van der Waals surface area contributed by atoms with E-state index in [-0.39, 0.29) is 5.92 Å². The molecule has 0 radical (unpaired) electrons. The highest BCUT2D eigenvalue weighted by molar-refractivity contribution is 9.10. The van der Waals surface area contributed by atoms with Gasteiger partial charge in [0.2, 0.25) is 0 Å². The van der Waals surface area contributed by atoms with Gasteiger partial charge in [0.25, 0.3) is 0 Å². The molecule has 1 fully saturated rings. The Labute approximate surface area is 130 Å². The number of carbonyl (C=O) groups is 2. The van der Waals surface area contributed by atoms with E-state index in [1.54, 1.807) is 18.2 Å². The molecule has 0 aliphatic carbocycles. The van der Waals surface area contributed by atoms with Gasteiger partial charge in [-0.05, 0) is 30.5 Å². The maximum atomic E-state index is 12.3. The molecule has 2 rings (SSSR count). The number of aliphatic carboxylic acids is 1. The maximum absolute atomic E-state index is 12.3. The van der Waals surface area contributed by atoms with Crippen LogP contribution in [0.3, 0.4) is 0 Å². The fourth-order valence-electron chi connectivity index (χ4n) is 2.46. The molecule has 1 aromatic rings. The van der Waals surface area contributed by atoms with Gasteiger partial charge in [0.1, 0.15) is 12.1 Å². The molecule has 6 nitrogen and oxygen atoms in total. The highest BCUT2D eigenvalue weighted by Crippen LogP contribution is 2.26. The number of nitrogens with one attached hydrogen (secondary N) is 1. The van der Waals surface area contributed by atoms with Crippen molar-refractivity contribution in [2.75, 3.05) is 11.9 Å². The highest BCUT2D eigenvalue weighted by Gasteiger charge is 2.39. The van der Waals surface area contributed by atoms with Gasteiger partial charge >= 0.3 is 12.0 Å². The molecule has 2 atom stereocenters. The summed E-state index contributed by atoms with van der Waals surface area (Å²) in [6.45, 7) is 2.20. The number of carboxylic acids is 1. The normalized spacial score (nSPS) is 20.9. The Balaban J connectivity index is 2.19. The topological polar surface area (TPSA) is 93.4 Å². The average Bonchev–Trinajstić information content (AvgIpc) is 2.82. The van der Waals surface area contributed by atoms with E-state index < -0.39 is 18.0 Å². The van der Waals surface area contributed by atoms with Crippen LogP contribution in [0.15, 0.2) is 22.7 Å². The van der Waals surface area contributed by atoms with Crippen LogP contribution in [-0.4, -0.2) is 34.6 Å². The molecular weight excluding hydrogens is 338 g/mol. The van der Waals surface area contributed by atoms with Crippen molar-refractivity contribution < 1.29 is 14.7 Å². The molecule has 1 saturated heterocycles. The Morgan fingerprint density at radius 2 is 2.24 bits per heavy atom. The number of benzene rings is 1. The SMILES string of the molecule is CC1CCN(C(=O)Nc2ccc(Br)cc2C#N)C1C(=O)O. The Bertz CT molecular complexity index is 626. The summed E-state index contributed by atoms with van der Waals surface area (Å²) in [5.41, 5.74) is 0.686. The summed E-state index contributed by atoms with van der Waals surface area (Å²) in [5.74, 6) is -1.10. The lowest BCUT2D eigenvalue weighted by Crippen LogP contribution is -2.44. The highest BCUT2D eigenvalue weighted by atomic mass is 79.9. The maximum Gasteiger partial charge on any atom is 0.326 e. The van der Waals surface area contributed by atoms with Crippen molar-refractivity contribution in [2.24, 2.45) is 5.92 Å². The second-order valence-corrected chi connectivity index (χ2v) is 5.89. The number of rotatable bonds is 2. The van der Waals surface area contributed by atoms with Gasteiger partial charge in [-0.2, -0.15) is 5.26 Å². The summed E-state index contributed by atoms with van der Waals surface area (Å²) >= 11 is 3.25. The van der Waals surface area contributed by atoms with Gasteiger partial charge in [0.15, 0.2) is 0 Å². The smallest absolute Gasteiger partial charge is 0.326 e. The molecule has 2 amide bonds. The zero-order valence-electron chi connectivity index (χ0n) is 11.3. The largest absolute Gasteiger partial charge is 0.480 e. The second-order valence-electron chi connectivity index (χ2n) is 4.97. The third kappa shape index (κ3) is 3.16. The van der Waals surface area contributed by atoms with E-state index in [9.17, 15) is 14.7 Å². The summed E-state index contributed by atoms with van der Waals surface area (Å²) in [6, 6.07) is 5.58. The molecule has 110 valence electrons. The summed E-state index contributed by atoms with van der Waals surface area (Å²) in [6.07, 6.45) is 0.649. The number of halogens is 1. The standard InChI is InChI=1S/C14H14BrN3O3/c1-8-4-5-18(12(8)13(19)20)14(21)17-11-3-2-10(15)6-9(11)7-16/h2-3,6,8,12H,4-5H2,1H3,(H,17,21)(H,19,20). The first kappa shape index (κ1) is 15.3. The van der Waals surface area contributed by atoms with Crippen molar-refractivity contribution in [1.82, 2.24) is 4.90 Å². The van der Waals surface area contributed by atoms with Crippen molar-refractivity contribution in [3.05, 3.63) is 28.2 Å². The fourth-order valence-corrected chi connectivity index (χ4v) is 2.82. The van der Waals surface area contributed by atoms with Gasteiger partial charge in [0, 0.05) is 11.0 Å². The van der Waals surface area contributed by atoms with Crippen molar-refractivity contribution in [1.29, 1.82) is 5.26 Å². The molecule has 1 aliphatic heterocycles. The monoisotopic (exact) mass is 351 g/mol. The quantitative estimate of drug-likeness (QED) is 0.856. The minimum atomic E-state index is -1.01. The molecule has 0 spiro atoms. The summed E-state index contributed by atoms with van der Waals surface area (Å²) in [7, 11) is 0. The predicted octanol–water partition coefficient (Wildman–Crippen LogP) is 2.65. The van der Waals surface area contributed by atoms with Crippen molar-refractivity contribution in [2.45, 2.75) is 19.4 Å². The molecule has 1 aliphatic rings. The lowest BCUT2D eigenvalue weighted by Gasteiger charge is -2.23.